The van der Waals surface area contributed by atoms with Crippen molar-refractivity contribution in [3.63, 3.8) is 0 Å². The van der Waals surface area contributed by atoms with Gasteiger partial charge in [0.2, 0.25) is 10.0 Å². The minimum absolute atomic E-state index is 0.152. The van der Waals surface area contributed by atoms with Gasteiger partial charge >= 0.3 is 5.97 Å². The van der Waals surface area contributed by atoms with Crippen molar-refractivity contribution in [2.45, 2.75) is 39.0 Å². The molecule has 0 amide bonds. The van der Waals surface area contributed by atoms with Crippen LogP contribution in [-0.4, -0.2) is 36.6 Å². The Balaban J connectivity index is 3.03. The molecule has 0 aliphatic heterocycles. The van der Waals surface area contributed by atoms with Crippen molar-refractivity contribution >= 4 is 16.0 Å². The van der Waals surface area contributed by atoms with Crippen LogP contribution in [-0.2, 0) is 26.1 Å². The lowest BCUT2D eigenvalue weighted by molar-refractivity contribution is -0.143. The fraction of sp³-hybridized carbons (Fsp3) is 0.533. The average molecular weight is 313 g/mol. The summed E-state index contributed by atoms with van der Waals surface area (Å²) >= 11 is 0. The molecule has 0 N–H and O–H groups in total. The van der Waals surface area contributed by atoms with Gasteiger partial charge in [-0.3, -0.25) is 4.79 Å². The highest BCUT2D eigenvalue weighted by Gasteiger charge is 2.36. The van der Waals surface area contributed by atoms with E-state index in [-0.39, 0.29) is 19.7 Å². The molecule has 0 spiro atoms. The van der Waals surface area contributed by atoms with Crippen molar-refractivity contribution in [2.75, 3.05) is 13.2 Å². The Morgan fingerprint density at radius 2 is 1.76 bits per heavy atom. The third kappa shape index (κ3) is 4.82. The van der Waals surface area contributed by atoms with Gasteiger partial charge < -0.3 is 4.74 Å². The molecule has 0 saturated carbocycles. The summed E-state index contributed by atoms with van der Waals surface area (Å²) in [6, 6.07) is 9.19. The number of sulfonamides is 1. The fourth-order valence-corrected chi connectivity index (χ4v) is 3.12. The third-order valence-corrected chi connectivity index (χ3v) is 5.41. The van der Waals surface area contributed by atoms with Crippen LogP contribution in [0.2, 0.25) is 0 Å². The molecule has 1 aromatic rings. The van der Waals surface area contributed by atoms with E-state index in [1.807, 2.05) is 30.3 Å². The monoisotopic (exact) mass is 313 g/mol. The molecule has 0 atom stereocenters. The number of benzene rings is 1. The Hall–Kier alpha value is -1.40. The van der Waals surface area contributed by atoms with E-state index in [4.69, 9.17) is 4.74 Å². The molecule has 0 fully saturated rings. The van der Waals surface area contributed by atoms with E-state index >= 15 is 0 Å². The SMILES string of the molecule is CCOC(=O)CN(Cc1ccccc1)S(=O)(=O)C(C)(C)C. The average Bonchev–Trinajstić information content (AvgIpc) is 2.38. The number of rotatable bonds is 6. The second-order valence-corrected chi connectivity index (χ2v) is 8.37. The molecule has 0 aliphatic carbocycles. The quantitative estimate of drug-likeness (QED) is 0.755. The van der Waals surface area contributed by atoms with Crippen LogP contribution in [0.5, 0.6) is 0 Å². The van der Waals surface area contributed by atoms with Gasteiger partial charge in [-0.2, -0.15) is 4.31 Å². The van der Waals surface area contributed by atoms with E-state index in [1.165, 1.54) is 4.31 Å². The highest BCUT2D eigenvalue weighted by molar-refractivity contribution is 7.90. The Morgan fingerprint density at radius 3 is 2.24 bits per heavy atom. The molecule has 0 aromatic heterocycles. The molecule has 0 heterocycles. The summed E-state index contributed by atoms with van der Waals surface area (Å²) in [5.41, 5.74) is 0.828. The number of ether oxygens (including phenoxy) is 1. The molecule has 1 rings (SSSR count). The lowest BCUT2D eigenvalue weighted by atomic mass is 10.2. The third-order valence-electron chi connectivity index (χ3n) is 2.93. The van der Waals surface area contributed by atoms with Crippen LogP contribution in [0.15, 0.2) is 30.3 Å². The van der Waals surface area contributed by atoms with Crippen LogP contribution in [0.25, 0.3) is 0 Å². The summed E-state index contributed by atoms with van der Waals surface area (Å²) in [7, 11) is -3.62. The maximum atomic E-state index is 12.6. The first-order valence-electron chi connectivity index (χ1n) is 6.87. The van der Waals surface area contributed by atoms with Crippen molar-refractivity contribution in [1.82, 2.24) is 4.31 Å². The summed E-state index contributed by atoms with van der Waals surface area (Å²) in [4.78, 5) is 11.7. The maximum Gasteiger partial charge on any atom is 0.321 e. The fourth-order valence-electron chi connectivity index (χ4n) is 1.75. The first-order chi connectivity index (χ1) is 9.68. The molecule has 21 heavy (non-hydrogen) atoms. The second kappa shape index (κ2) is 7.04. The van der Waals surface area contributed by atoms with Gasteiger partial charge in [0.25, 0.3) is 0 Å². The van der Waals surface area contributed by atoms with Gasteiger partial charge in [-0.15, -0.1) is 0 Å². The minimum atomic E-state index is -3.62. The summed E-state index contributed by atoms with van der Waals surface area (Å²) in [5.74, 6) is -0.541. The van der Waals surface area contributed by atoms with Crippen LogP contribution in [0.3, 0.4) is 0 Å². The first-order valence-corrected chi connectivity index (χ1v) is 8.31. The molecule has 6 heteroatoms. The lowest BCUT2D eigenvalue weighted by Gasteiger charge is -2.29. The number of hydrogen-bond donors (Lipinski definition) is 0. The van der Waals surface area contributed by atoms with Gasteiger partial charge in [0.05, 0.1) is 11.4 Å². The van der Waals surface area contributed by atoms with Crippen LogP contribution >= 0.6 is 0 Å². The molecule has 1 aromatic carbocycles. The zero-order valence-electron chi connectivity index (χ0n) is 13.0. The van der Waals surface area contributed by atoms with Crippen molar-refractivity contribution in [3.8, 4) is 0 Å². The van der Waals surface area contributed by atoms with E-state index in [1.54, 1.807) is 27.7 Å². The zero-order valence-corrected chi connectivity index (χ0v) is 13.8. The summed E-state index contributed by atoms with van der Waals surface area (Å²) in [6.45, 7) is 6.65. The number of nitrogens with zero attached hydrogens (tertiary/aromatic N) is 1. The van der Waals surface area contributed by atoms with E-state index in [0.29, 0.717) is 0 Å². The summed E-state index contributed by atoms with van der Waals surface area (Å²) in [5, 5.41) is 0. The molecule has 0 unspecified atom stereocenters. The van der Waals surface area contributed by atoms with E-state index in [0.717, 1.165) is 5.56 Å². The molecule has 0 saturated heterocycles. The van der Waals surface area contributed by atoms with Gasteiger partial charge in [-0.1, -0.05) is 30.3 Å². The Kier molecular flexibility index (Phi) is 5.92. The largest absolute Gasteiger partial charge is 0.465 e. The van der Waals surface area contributed by atoms with Crippen LogP contribution in [0, 0.1) is 0 Å². The van der Waals surface area contributed by atoms with Crippen molar-refractivity contribution < 1.29 is 17.9 Å². The molecular weight excluding hydrogens is 290 g/mol. The molecule has 0 bridgehead atoms. The number of esters is 1. The Bertz CT molecular complexity index is 561. The molecule has 118 valence electrons. The lowest BCUT2D eigenvalue weighted by Crippen LogP contribution is -2.45. The molecule has 0 aliphatic rings. The normalized spacial score (nSPS) is 12.4. The van der Waals surface area contributed by atoms with Crippen molar-refractivity contribution in [1.29, 1.82) is 0 Å². The van der Waals surface area contributed by atoms with Crippen molar-refractivity contribution in [2.24, 2.45) is 0 Å². The van der Waals surface area contributed by atoms with E-state index < -0.39 is 20.7 Å². The Morgan fingerprint density at radius 1 is 1.19 bits per heavy atom. The van der Waals surface area contributed by atoms with Gasteiger partial charge in [0, 0.05) is 6.54 Å². The van der Waals surface area contributed by atoms with Crippen LogP contribution < -0.4 is 0 Å². The van der Waals surface area contributed by atoms with Gasteiger partial charge in [0.15, 0.2) is 0 Å². The standard InChI is InChI=1S/C15H23NO4S/c1-5-20-14(17)12-16(21(18,19)15(2,3)4)11-13-9-7-6-8-10-13/h6-10H,5,11-12H2,1-4H3. The zero-order chi connectivity index (χ0) is 16.1. The van der Waals surface area contributed by atoms with Gasteiger partial charge in [-0.25, -0.2) is 8.42 Å². The first kappa shape index (κ1) is 17.7. The minimum Gasteiger partial charge on any atom is -0.465 e. The maximum absolute atomic E-state index is 12.6. The Labute approximate surface area is 127 Å². The van der Waals surface area contributed by atoms with Gasteiger partial charge in [0.1, 0.15) is 6.54 Å². The highest BCUT2D eigenvalue weighted by atomic mass is 32.2. The number of carbonyl (C=O) groups is 1. The predicted molar refractivity (Wildman–Crippen MR) is 82.2 cm³/mol. The van der Waals surface area contributed by atoms with Crippen molar-refractivity contribution in [3.05, 3.63) is 35.9 Å². The highest BCUT2D eigenvalue weighted by Crippen LogP contribution is 2.22. The van der Waals surface area contributed by atoms with Crippen LogP contribution in [0.1, 0.15) is 33.3 Å². The smallest absolute Gasteiger partial charge is 0.321 e. The number of hydrogen-bond acceptors (Lipinski definition) is 4. The summed E-state index contributed by atoms with van der Waals surface area (Å²) in [6.07, 6.45) is 0. The summed E-state index contributed by atoms with van der Waals surface area (Å²) < 4.78 is 30.3. The van der Waals surface area contributed by atoms with Gasteiger partial charge in [-0.05, 0) is 33.3 Å². The molecule has 5 nitrogen and oxygen atoms in total. The molecular formula is C15H23NO4S. The molecule has 0 radical (unpaired) electrons. The number of carbonyl (C=O) groups excluding carboxylic acids is 1. The van der Waals surface area contributed by atoms with E-state index in [2.05, 4.69) is 0 Å². The second-order valence-electron chi connectivity index (χ2n) is 5.68. The predicted octanol–water partition coefficient (Wildman–Crippen LogP) is 2.18. The van der Waals surface area contributed by atoms with Crippen LogP contribution in [0.4, 0.5) is 0 Å². The topological polar surface area (TPSA) is 63.7 Å². The van der Waals surface area contributed by atoms with E-state index in [9.17, 15) is 13.2 Å².